The number of carbonyl (C=O) groups excluding carboxylic acids is 4. The Morgan fingerprint density at radius 2 is 1.57 bits per heavy atom. The number of benzene rings is 1. The Morgan fingerprint density at radius 3 is 2.22 bits per heavy atom. The van der Waals surface area contributed by atoms with Gasteiger partial charge in [0, 0.05) is 86.8 Å². The minimum absolute atomic E-state index is 0.0207. The number of nitrogens with zero attached hydrogens (tertiary/aromatic N) is 7. The lowest BCUT2D eigenvalue weighted by molar-refractivity contribution is -0.138. The molecule has 1 atom stereocenters. The van der Waals surface area contributed by atoms with E-state index < -0.39 is 40.9 Å². The number of aliphatic hydroxyl groups is 1. The van der Waals surface area contributed by atoms with Crippen LogP contribution in [0.4, 0.5) is 20.2 Å². The Hall–Kier alpha value is -5.55. The predicted octanol–water partition coefficient (Wildman–Crippen LogP) is 3.97. The van der Waals surface area contributed by atoms with Crippen molar-refractivity contribution < 1.29 is 33.1 Å². The standard InChI is InChI=1S/C43H49F2N9O6/c1-43(2,60)37-34(46-40(57)31-4-3-13-53(42(31)59)27-7-8-27)18-24-23-54(49-38(24)48-37)28-9-5-26(6-10-28)50-14-16-51(17-15-50)41(58)25-21-52(22-25)29-19-32(44)36(33(45)20-29)30-11-12-35(55)47-39(30)56/h3-4,13,18-20,23,25-28,30,60H,5-12,14-17,21-22H2,1-2H3,(H,46,57)(H,47,55,56)/t26?,28?,30-/m1/s1. The molecule has 1 aromatic carbocycles. The summed E-state index contributed by atoms with van der Waals surface area (Å²) in [6.07, 6.45) is 9.24. The molecule has 4 amide bonds. The van der Waals surface area contributed by atoms with E-state index in [-0.39, 0.29) is 59.1 Å². The molecule has 316 valence electrons. The number of hydrogen-bond donors (Lipinski definition) is 3. The number of aromatic nitrogens is 4. The summed E-state index contributed by atoms with van der Waals surface area (Å²) in [4.78, 5) is 74.4. The van der Waals surface area contributed by atoms with E-state index in [4.69, 9.17) is 10.1 Å². The highest BCUT2D eigenvalue weighted by atomic mass is 19.1. The molecule has 9 rings (SSSR count). The number of anilines is 2. The number of hydrogen-bond acceptors (Lipinski definition) is 10. The van der Waals surface area contributed by atoms with E-state index in [2.05, 4.69) is 15.5 Å². The van der Waals surface area contributed by atoms with Gasteiger partial charge in [-0.15, -0.1) is 0 Å². The molecule has 3 N–H and O–H groups in total. The highest BCUT2D eigenvalue weighted by Crippen LogP contribution is 2.37. The van der Waals surface area contributed by atoms with Gasteiger partial charge in [0.15, 0.2) is 5.65 Å². The second-order valence-corrected chi connectivity index (χ2v) is 17.5. The summed E-state index contributed by atoms with van der Waals surface area (Å²) < 4.78 is 33.8. The molecule has 2 saturated carbocycles. The Kier molecular flexibility index (Phi) is 10.3. The van der Waals surface area contributed by atoms with Gasteiger partial charge in [-0.1, -0.05) is 0 Å². The number of rotatable bonds is 9. The molecular formula is C43H49F2N9O6. The lowest BCUT2D eigenvalue weighted by Gasteiger charge is -2.45. The smallest absolute Gasteiger partial charge is 0.263 e. The van der Waals surface area contributed by atoms with Crippen molar-refractivity contribution in [1.29, 1.82) is 0 Å². The zero-order valence-corrected chi connectivity index (χ0v) is 33.7. The second kappa shape index (κ2) is 15.5. The fraction of sp³-hybridized carbons (Fsp3) is 0.512. The quantitative estimate of drug-likeness (QED) is 0.210. The van der Waals surface area contributed by atoms with E-state index in [1.165, 1.54) is 18.2 Å². The van der Waals surface area contributed by atoms with Crippen LogP contribution in [0.25, 0.3) is 11.0 Å². The predicted molar refractivity (Wildman–Crippen MR) is 216 cm³/mol. The van der Waals surface area contributed by atoms with E-state index in [1.807, 2.05) is 15.8 Å². The summed E-state index contributed by atoms with van der Waals surface area (Å²) in [6, 6.07) is 8.02. The second-order valence-electron chi connectivity index (χ2n) is 17.5. The molecule has 17 heteroatoms. The minimum atomic E-state index is -1.40. The molecule has 0 unspecified atom stereocenters. The van der Waals surface area contributed by atoms with Crippen molar-refractivity contribution in [2.45, 2.75) is 94.9 Å². The summed E-state index contributed by atoms with van der Waals surface area (Å²) in [5.41, 5.74) is -0.682. The van der Waals surface area contributed by atoms with Gasteiger partial charge in [0.25, 0.3) is 11.5 Å². The number of amides is 4. The molecule has 5 aliphatic rings. The molecule has 60 heavy (non-hydrogen) atoms. The third kappa shape index (κ3) is 7.68. The van der Waals surface area contributed by atoms with E-state index >= 15 is 8.78 Å². The summed E-state index contributed by atoms with van der Waals surface area (Å²) in [5.74, 6) is -4.67. The Bertz CT molecular complexity index is 2410. The van der Waals surface area contributed by atoms with E-state index in [1.54, 1.807) is 41.6 Å². The van der Waals surface area contributed by atoms with Gasteiger partial charge in [-0.2, -0.15) is 5.10 Å². The lowest BCUT2D eigenvalue weighted by Crippen LogP contribution is -2.59. The van der Waals surface area contributed by atoms with Crippen LogP contribution in [-0.4, -0.2) is 103 Å². The first-order valence-electron chi connectivity index (χ1n) is 21.0. The summed E-state index contributed by atoms with van der Waals surface area (Å²) in [7, 11) is 0. The number of imide groups is 1. The van der Waals surface area contributed by atoms with Crippen LogP contribution in [0.3, 0.4) is 0 Å². The van der Waals surface area contributed by atoms with Crippen LogP contribution in [0.1, 0.15) is 105 Å². The van der Waals surface area contributed by atoms with Crippen LogP contribution in [0, 0.1) is 17.6 Å². The number of fused-ring (bicyclic) bond motifs is 1. The van der Waals surface area contributed by atoms with Crippen molar-refractivity contribution in [2.24, 2.45) is 5.92 Å². The van der Waals surface area contributed by atoms with Crippen LogP contribution in [0.5, 0.6) is 0 Å². The third-order valence-electron chi connectivity index (χ3n) is 12.9. The maximum atomic E-state index is 15.1. The highest BCUT2D eigenvalue weighted by molar-refractivity contribution is 6.05. The lowest BCUT2D eigenvalue weighted by atomic mass is 9.89. The zero-order chi connectivity index (χ0) is 42.0. The average molecular weight is 826 g/mol. The SMILES string of the molecule is CC(C)(O)c1nc2nn(C3CCC(N4CCN(C(=O)C5CN(c6cc(F)c([C@H]7CCC(=O)NC7=O)c(F)c6)C5)CC4)CC3)cc2cc1NC(=O)c1cccn(C2CC2)c1=O. The fourth-order valence-electron chi connectivity index (χ4n) is 9.39. The Balaban J connectivity index is 0.775. The maximum Gasteiger partial charge on any atom is 0.263 e. The van der Waals surface area contributed by atoms with Crippen molar-refractivity contribution in [3.63, 3.8) is 0 Å². The van der Waals surface area contributed by atoms with Gasteiger partial charge in [0.1, 0.15) is 22.8 Å². The van der Waals surface area contributed by atoms with Crippen molar-refractivity contribution >= 4 is 46.0 Å². The Labute approximate surface area is 344 Å². The minimum Gasteiger partial charge on any atom is -0.384 e. The molecule has 0 spiro atoms. The Morgan fingerprint density at radius 1 is 0.900 bits per heavy atom. The molecule has 2 aliphatic carbocycles. The molecule has 0 radical (unpaired) electrons. The van der Waals surface area contributed by atoms with Gasteiger partial charge in [0.05, 0.1) is 29.3 Å². The third-order valence-corrected chi connectivity index (χ3v) is 12.9. The molecule has 3 aliphatic heterocycles. The molecule has 5 fully saturated rings. The van der Waals surface area contributed by atoms with Crippen LogP contribution >= 0.6 is 0 Å². The van der Waals surface area contributed by atoms with Gasteiger partial charge in [-0.3, -0.25) is 38.9 Å². The first kappa shape index (κ1) is 39.9. The first-order chi connectivity index (χ1) is 28.7. The van der Waals surface area contributed by atoms with Crippen molar-refractivity contribution in [3.05, 3.63) is 81.5 Å². The topological polar surface area (TPSA) is 175 Å². The van der Waals surface area contributed by atoms with Crippen molar-refractivity contribution in [1.82, 2.24) is 34.4 Å². The number of carbonyl (C=O) groups is 4. The van der Waals surface area contributed by atoms with Crippen LogP contribution < -0.4 is 21.1 Å². The zero-order valence-electron chi connectivity index (χ0n) is 33.7. The van der Waals surface area contributed by atoms with Crippen LogP contribution in [0.2, 0.25) is 0 Å². The van der Waals surface area contributed by atoms with Crippen LogP contribution in [0.15, 0.2) is 47.5 Å². The summed E-state index contributed by atoms with van der Waals surface area (Å²) >= 11 is 0. The van der Waals surface area contributed by atoms with Crippen LogP contribution in [-0.2, 0) is 20.0 Å². The van der Waals surface area contributed by atoms with Crippen molar-refractivity contribution in [3.8, 4) is 0 Å². The monoisotopic (exact) mass is 825 g/mol. The maximum absolute atomic E-state index is 15.1. The molecule has 3 saturated heterocycles. The number of halogens is 2. The van der Waals surface area contributed by atoms with Gasteiger partial charge < -0.3 is 24.8 Å². The van der Waals surface area contributed by atoms with Gasteiger partial charge in [0.2, 0.25) is 17.7 Å². The van der Waals surface area contributed by atoms with Gasteiger partial charge in [-0.05, 0) is 89.1 Å². The average Bonchev–Trinajstić information content (AvgIpc) is 3.95. The van der Waals surface area contributed by atoms with E-state index in [9.17, 15) is 29.1 Å². The molecule has 3 aromatic heterocycles. The van der Waals surface area contributed by atoms with Gasteiger partial charge in [-0.25, -0.2) is 13.8 Å². The number of piperidine rings is 1. The van der Waals surface area contributed by atoms with Gasteiger partial charge >= 0.3 is 0 Å². The fourth-order valence-corrected chi connectivity index (χ4v) is 9.39. The normalized spacial score (nSPS) is 23.1. The highest BCUT2D eigenvalue weighted by Gasteiger charge is 2.39. The van der Waals surface area contributed by atoms with Crippen molar-refractivity contribution in [2.75, 3.05) is 49.5 Å². The van der Waals surface area contributed by atoms with E-state index in [0.717, 1.165) is 51.6 Å². The molecule has 6 heterocycles. The number of piperazine rings is 1. The summed E-state index contributed by atoms with van der Waals surface area (Å²) in [6.45, 7) is 6.63. The molecule has 4 aromatic rings. The molecule has 0 bridgehead atoms. The number of pyridine rings is 2. The largest absolute Gasteiger partial charge is 0.384 e. The first-order valence-corrected chi connectivity index (χ1v) is 21.0. The number of nitrogens with one attached hydrogen (secondary N) is 2. The molecule has 15 nitrogen and oxygen atoms in total. The van der Waals surface area contributed by atoms with E-state index in [0.29, 0.717) is 54.6 Å². The summed E-state index contributed by atoms with van der Waals surface area (Å²) in [5, 5.41) is 21.5. The molecular weight excluding hydrogens is 777 g/mol.